The van der Waals surface area contributed by atoms with E-state index in [0.717, 1.165) is 18.2 Å². The lowest BCUT2D eigenvalue weighted by molar-refractivity contribution is -0.132. The quantitative estimate of drug-likeness (QED) is 0.640. The third-order valence-electron chi connectivity index (χ3n) is 4.24. The second-order valence-corrected chi connectivity index (χ2v) is 6.06. The van der Waals surface area contributed by atoms with Crippen molar-refractivity contribution in [3.63, 3.8) is 0 Å². The minimum Gasteiger partial charge on any atom is -0.323 e. The summed E-state index contributed by atoms with van der Waals surface area (Å²) in [5, 5.41) is 3.66. The van der Waals surface area contributed by atoms with Gasteiger partial charge in [0.25, 0.3) is 5.91 Å². The largest absolute Gasteiger partial charge is 0.325 e. The van der Waals surface area contributed by atoms with Gasteiger partial charge in [-0.05, 0) is 31.6 Å². The molecular formula is C12H19BrN2O2. The fraction of sp³-hybridized carbons (Fsp3) is 0.833. The second kappa shape index (κ2) is 4.26. The predicted octanol–water partition coefficient (Wildman–Crippen LogP) is 2.27. The Labute approximate surface area is 110 Å². The van der Waals surface area contributed by atoms with Crippen LogP contribution in [0.15, 0.2) is 0 Å². The van der Waals surface area contributed by atoms with Crippen LogP contribution in [0.25, 0.3) is 0 Å². The molecule has 1 saturated carbocycles. The van der Waals surface area contributed by atoms with Crippen LogP contribution in [0.4, 0.5) is 4.79 Å². The van der Waals surface area contributed by atoms with Crippen molar-refractivity contribution in [3.05, 3.63) is 0 Å². The molecule has 4 nitrogen and oxygen atoms in total. The summed E-state index contributed by atoms with van der Waals surface area (Å²) in [6, 6.07) is -0.230. The number of hydrogen-bond donors (Lipinski definition) is 1. The molecule has 1 N–H and O–H groups in total. The van der Waals surface area contributed by atoms with Gasteiger partial charge in [0.1, 0.15) is 5.54 Å². The third-order valence-corrected chi connectivity index (χ3v) is 5.43. The molecule has 0 radical (unpaired) electrons. The molecule has 96 valence electrons. The number of hydrogen-bond acceptors (Lipinski definition) is 2. The topological polar surface area (TPSA) is 49.4 Å². The van der Waals surface area contributed by atoms with Crippen LogP contribution in [0, 0.1) is 5.41 Å². The Morgan fingerprint density at radius 1 is 1.41 bits per heavy atom. The van der Waals surface area contributed by atoms with Crippen LogP contribution in [0.5, 0.6) is 0 Å². The number of alkyl halides is 1. The van der Waals surface area contributed by atoms with Crippen LogP contribution in [-0.4, -0.2) is 34.3 Å². The van der Waals surface area contributed by atoms with Gasteiger partial charge in [-0.15, -0.1) is 0 Å². The van der Waals surface area contributed by atoms with Crippen LogP contribution in [0.3, 0.4) is 0 Å². The van der Waals surface area contributed by atoms with E-state index in [4.69, 9.17) is 0 Å². The number of nitrogens with zero attached hydrogens (tertiary/aromatic N) is 1. The summed E-state index contributed by atoms with van der Waals surface area (Å²) < 4.78 is 0. The molecule has 1 heterocycles. The van der Waals surface area contributed by atoms with Gasteiger partial charge in [-0.3, -0.25) is 9.69 Å². The predicted molar refractivity (Wildman–Crippen MR) is 69.0 cm³/mol. The summed E-state index contributed by atoms with van der Waals surface area (Å²) in [6.07, 6.45) is 4.02. The molecule has 0 aromatic carbocycles. The average Bonchev–Trinajstić information content (AvgIpc) is 2.47. The van der Waals surface area contributed by atoms with Gasteiger partial charge >= 0.3 is 6.03 Å². The van der Waals surface area contributed by atoms with Crippen LogP contribution >= 0.6 is 15.9 Å². The van der Waals surface area contributed by atoms with Crippen molar-refractivity contribution in [2.75, 3.05) is 11.9 Å². The van der Waals surface area contributed by atoms with Crippen LogP contribution in [0.2, 0.25) is 0 Å². The van der Waals surface area contributed by atoms with E-state index < -0.39 is 5.54 Å². The average molecular weight is 303 g/mol. The van der Waals surface area contributed by atoms with Gasteiger partial charge in [0.15, 0.2) is 0 Å². The molecule has 2 rings (SSSR count). The number of carbonyl (C=O) groups excluding carboxylic acids is 2. The van der Waals surface area contributed by atoms with Crippen molar-refractivity contribution in [2.45, 2.75) is 45.1 Å². The molecule has 1 saturated heterocycles. The molecule has 1 unspecified atom stereocenters. The summed E-state index contributed by atoms with van der Waals surface area (Å²) in [6.45, 7) is 4.28. The lowest BCUT2D eigenvalue weighted by Gasteiger charge is -2.42. The van der Waals surface area contributed by atoms with Gasteiger partial charge in [-0.1, -0.05) is 29.3 Å². The first-order valence-electron chi connectivity index (χ1n) is 6.16. The molecular weight excluding hydrogens is 284 g/mol. The van der Waals surface area contributed by atoms with Crippen molar-refractivity contribution in [1.29, 1.82) is 0 Å². The second-order valence-electron chi connectivity index (χ2n) is 5.49. The first-order valence-corrected chi connectivity index (χ1v) is 7.29. The van der Waals surface area contributed by atoms with Gasteiger partial charge in [-0.2, -0.15) is 0 Å². The van der Waals surface area contributed by atoms with Crippen LogP contribution < -0.4 is 5.32 Å². The van der Waals surface area contributed by atoms with Crippen LogP contribution in [-0.2, 0) is 4.79 Å². The molecule has 0 aromatic heterocycles. The smallest absolute Gasteiger partial charge is 0.323 e. The van der Waals surface area contributed by atoms with Crippen molar-refractivity contribution in [2.24, 2.45) is 5.41 Å². The molecule has 2 aliphatic rings. The van der Waals surface area contributed by atoms with E-state index in [1.807, 2.05) is 6.92 Å². The minimum absolute atomic E-state index is 0.0720. The molecule has 1 aliphatic carbocycles. The normalized spacial score (nSPS) is 31.4. The lowest BCUT2D eigenvalue weighted by Crippen LogP contribution is -2.47. The maximum atomic E-state index is 12.2. The molecule has 0 spiro atoms. The van der Waals surface area contributed by atoms with Crippen molar-refractivity contribution in [1.82, 2.24) is 10.2 Å². The minimum atomic E-state index is -0.700. The molecule has 0 bridgehead atoms. The molecule has 1 aliphatic heterocycles. The van der Waals surface area contributed by atoms with Gasteiger partial charge in [0.2, 0.25) is 0 Å². The number of amides is 3. The summed E-state index contributed by atoms with van der Waals surface area (Å²) in [5.41, 5.74) is -0.583. The highest BCUT2D eigenvalue weighted by atomic mass is 79.9. The number of imide groups is 1. The van der Waals surface area contributed by atoms with E-state index in [2.05, 4.69) is 21.2 Å². The molecule has 3 amide bonds. The Balaban J connectivity index is 2.12. The summed E-state index contributed by atoms with van der Waals surface area (Å²) in [5.74, 6) is -0.0720. The summed E-state index contributed by atoms with van der Waals surface area (Å²) >= 11 is 3.51. The summed E-state index contributed by atoms with van der Waals surface area (Å²) in [7, 11) is 0. The van der Waals surface area contributed by atoms with Gasteiger partial charge in [-0.25, -0.2) is 4.79 Å². The zero-order valence-electron chi connectivity index (χ0n) is 10.4. The molecule has 2 fully saturated rings. The SMILES string of the molecule is CCC1(C)NC(=O)N(CC2(CBr)CCC2)C1=O. The zero-order chi connectivity index (χ0) is 12.7. The maximum absolute atomic E-state index is 12.2. The van der Waals surface area contributed by atoms with E-state index in [1.54, 1.807) is 6.92 Å². The fourth-order valence-electron chi connectivity index (χ4n) is 2.48. The van der Waals surface area contributed by atoms with E-state index >= 15 is 0 Å². The first kappa shape index (κ1) is 12.9. The fourth-order valence-corrected chi connectivity index (χ4v) is 3.21. The van der Waals surface area contributed by atoms with E-state index in [9.17, 15) is 9.59 Å². The Morgan fingerprint density at radius 2 is 2.06 bits per heavy atom. The Bertz CT molecular complexity index is 349. The Hall–Kier alpha value is -0.580. The van der Waals surface area contributed by atoms with Crippen molar-refractivity contribution in [3.8, 4) is 0 Å². The van der Waals surface area contributed by atoms with E-state index in [0.29, 0.717) is 13.0 Å². The van der Waals surface area contributed by atoms with Crippen molar-refractivity contribution >= 4 is 27.9 Å². The standard InChI is InChI=1S/C12H19BrN2O2/c1-3-11(2)9(16)15(10(17)14-11)8-12(7-13)5-4-6-12/h3-8H2,1-2H3,(H,14,17). The summed E-state index contributed by atoms with van der Waals surface area (Å²) in [4.78, 5) is 25.5. The number of carbonyl (C=O) groups is 2. The first-order chi connectivity index (χ1) is 7.96. The highest BCUT2D eigenvalue weighted by Crippen LogP contribution is 2.43. The van der Waals surface area contributed by atoms with Gasteiger partial charge in [0, 0.05) is 11.9 Å². The van der Waals surface area contributed by atoms with Crippen LogP contribution in [0.1, 0.15) is 39.5 Å². The Kier molecular flexibility index (Phi) is 3.23. The molecule has 17 heavy (non-hydrogen) atoms. The molecule has 1 atom stereocenters. The van der Waals surface area contributed by atoms with E-state index in [1.165, 1.54) is 11.3 Å². The van der Waals surface area contributed by atoms with Crippen molar-refractivity contribution < 1.29 is 9.59 Å². The van der Waals surface area contributed by atoms with Gasteiger partial charge < -0.3 is 5.32 Å². The molecule has 5 heteroatoms. The number of halogens is 1. The lowest BCUT2D eigenvalue weighted by atomic mass is 9.70. The zero-order valence-corrected chi connectivity index (χ0v) is 12.0. The monoisotopic (exact) mass is 302 g/mol. The number of urea groups is 1. The molecule has 0 aromatic rings. The highest BCUT2D eigenvalue weighted by molar-refractivity contribution is 9.09. The number of nitrogens with one attached hydrogen (secondary N) is 1. The maximum Gasteiger partial charge on any atom is 0.325 e. The third kappa shape index (κ3) is 1.98. The Morgan fingerprint density at radius 3 is 2.41 bits per heavy atom. The number of rotatable bonds is 4. The van der Waals surface area contributed by atoms with Gasteiger partial charge in [0.05, 0.1) is 0 Å². The highest BCUT2D eigenvalue weighted by Gasteiger charge is 2.50. The van der Waals surface area contributed by atoms with E-state index in [-0.39, 0.29) is 17.4 Å².